The van der Waals surface area contributed by atoms with Gasteiger partial charge in [0, 0.05) is 24.5 Å². The van der Waals surface area contributed by atoms with Crippen molar-refractivity contribution in [2.45, 2.75) is 64.8 Å². The number of thiazole rings is 1. The van der Waals surface area contributed by atoms with Crippen LogP contribution in [0.5, 0.6) is 0 Å². The van der Waals surface area contributed by atoms with Gasteiger partial charge in [0.15, 0.2) is 5.13 Å². The minimum Gasteiger partial charge on any atom is -0.348 e. The van der Waals surface area contributed by atoms with Crippen LogP contribution in [0.1, 0.15) is 68.9 Å². The molecule has 2 N–H and O–H groups in total. The Kier molecular flexibility index (Phi) is 4.85. The highest BCUT2D eigenvalue weighted by atomic mass is 32.1. The van der Waals surface area contributed by atoms with Gasteiger partial charge >= 0.3 is 0 Å². The van der Waals surface area contributed by atoms with Gasteiger partial charge in [-0.1, -0.05) is 33.1 Å². The monoisotopic (exact) mass is 307 g/mol. The zero-order chi connectivity index (χ0) is 14.8. The van der Waals surface area contributed by atoms with Crippen molar-refractivity contribution in [2.24, 2.45) is 17.6 Å². The van der Waals surface area contributed by atoms with Crippen molar-refractivity contribution >= 4 is 16.5 Å². The van der Waals surface area contributed by atoms with E-state index in [0.717, 1.165) is 18.3 Å². The molecule has 3 atom stereocenters. The Bertz CT molecular complexity index is 471. The molecule has 3 nitrogen and oxygen atoms in total. The average Bonchev–Trinajstić information content (AvgIpc) is 2.98. The molecule has 2 aliphatic rings. The first-order valence-electron chi connectivity index (χ1n) is 8.67. The van der Waals surface area contributed by atoms with Crippen LogP contribution in [0, 0.1) is 11.8 Å². The second-order valence-electron chi connectivity index (χ2n) is 6.86. The Labute approximate surface area is 132 Å². The van der Waals surface area contributed by atoms with Crippen LogP contribution < -0.4 is 10.6 Å². The van der Waals surface area contributed by atoms with Crippen LogP contribution >= 0.6 is 11.3 Å². The van der Waals surface area contributed by atoms with Gasteiger partial charge in [0.1, 0.15) is 0 Å². The molecule has 2 heterocycles. The number of hydrogen-bond acceptors (Lipinski definition) is 4. The summed E-state index contributed by atoms with van der Waals surface area (Å²) in [6.45, 7) is 7.56. The maximum atomic E-state index is 5.94. The predicted octanol–water partition coefficient (Wildman–Crippen LogP) is 4.13. The standard InChI is InChI=1S/C17H29N3S/c1-3-12(2)16-15(10-18)21-17(19-16)20-9-8-13-6-4-5-7-14(13)11-20/h12-14H,3-11,18H2,1-2H3. The van der Waals surface area contributed by atoms with Gasteiger partial charge in [-0.2, -0.15) is 0 Å². The highest BCUT2D eigenvalue weighted by Gasteiger charge is 2.32. The first-order chi connectivity index (χ1) is 10.2. The van der Waals surface area contributed by atoms with Crippen LogP contribution in [0.4, 0.5) is 5.13 Å². The molecule has 0 aromatic carbocycles. The Morgan fingerprint density at radius 1 is 1.29 bits per heavy atom. The van der Waals surface area contributed by atoms with Gasteiger partial charge in [-0.3, -0.25) is 0 Å². The smallest absolute Gasteiger partial charge is 0.185 e. The lowest BCUT2D eigenvalue weighted by atomic mass is 9.75. The van der Waals surface area contributed by atoms with Gasteiger partial charge < -0.3 is 10.6 Å². The van der Waals surface area contributed by atoms with E-state index in [1.54, 1.807) is 0 Å². The fraction of sp³-hybridized carbons (Fsp3) is 0.824. The number of fused-ring (bicyclic) bond motifs is 1. The number of nitrogens with zero attached hydrogens (tertiary/aromatic N) is 2. The van der Waals surface area contributed by atoms with Crippen molar-refractivity contribution < 1.29 is 0 Å². The van der Waals surface area contributed by atoms with E-state index in [1.807, 2.05) is 11.3 Å². The summed E-state index contributed by atoms with van der Waals surface area (Å²) in [6, 6.07) is 0. The lowest BCUT2D eigenvalue weighted by molar-refractivity contribution is 0.202. The SMILES string of the molecule is CCC(C)c1nc(N2CCC3CCCCC3C2)sc1CN. The average molecular weight is 308 g/mol. The van der Waals surface area contributed by atoms with E-state index < -0.39 is 0 Å². The lowest BCUT2D eigenvalue weighted by Gasteiger charge is -2.41. The Morgan fingerprint density at radius 2 is 2.05 bits per heavy atom. The highest BCUT2D eigenvalue weighted by Crippen LogP contribution is 2.39. The van der Waals surface area contributed by atoms with Gasteiger partial charge in [-0.25, -0.2) is 4.98 Å². The molecular weight excluding hydrogens is 278 g/mol. The molecule has 0 bridgehead atoms. The second kappa shape index (κ2) is 6.66. The molecule has 0 amide bonds. The fourth-order valence-corrected chi connectivity index (χ4v) is 5.08. The molecule has 0 radical (unpaired) electrons. The summed E-state index contributed by atoms with van der Waals surface area (Å²) in [4.78, 5) is 8.82. The summed E-state index contributed by atoms with van der Waals surface area (Å²) in [5.41, 5.74) is 7.20. The summed E-state index contributed by atoms with van der Waals surface area (Å²) >= 11 is 1.84. The van der Waals surface area contributed by atoms with Crippen LogP contribution in [0.2, 0.25) is 0 Å². The molecule has 3 rings (SSSR count). The molecule has 118 valence electrons. The molecule has 1 aromatic rings. The number of anilines is 1. The van der Waals surface area contributed by atoms with Gasteiger partial charge in [-0.05, 0) is 37.0 Å². The van der Waals surface area contributed by atoms with Crippen LogP contribution in [0.25, 0.3) is 0 Å². The molecular formula is C17H29N3S. The quantitative estimate of drug-likeness (QED) is 0.909. The summed E-state index contributed by atoms with van der Waals surface area (Å²) in [5.74, 6) is 2.42. The van der Waals surface area contributed by atoms with E-state index in [0.29, 0.717) is 12.5 Å². The summed E-state index contributed by atoms with van der Waals surface area (Å²) in [7, 11) is 0. The summed E-state index contributed by atoms with van der Waals surface area (Å²) in [6.07, 6.45) is 8.27. The molecule has 2 fully saturated rings. The Morgan fingerprint density at radius 3 is 2.76 bits per heavy atom. The summed E-state index contributed by atoms with van der Waals surface area (Å²) < 4.78 is 0. The third kappa shape index (κ3) is 3.11. The number of nitrogens with two attached hydrogens (primary N) is 1. The van der Waals surface area contributed by atoms with E-state index >= 15 is 0 Å². The normalized spacial score (nSPS) is 27.5. The molecule has 0 spiro atoms. The Hall–Kier alpha value is -0.610. The van der Waals surface area contributed by atoms with Crippen molar-refractivity contribution in [3.05, 3.63) is 10.6 Å². The predicted molar refractivity (Wildman–Crippen MR) is 91.0 cm³/mol. The van der Waals surface area contributed by atoms with Gasteiger partial charge in [-0.15, -0.1) is 11.3 Å². The van der Waals surface area contributed by atoms with E-state index in [9.17, 15) is 0 Å². The third-order valence-electron chi connectivity index (χ3n) is 5.54. The number of aromatic nitrogens is 1. The molecule has 4 heteroatoms. The maximum absolute atomic E-state index is 5.94. The van der Waals surface area contributed by atoms with Crippen molar-refractivity contribution in [1.29, 1.82) is 0 Å². The molecule has 3 unspecified atom stereocenters. The zero-order valence-corrected chi connectivity index (χ0v) is 14.3. The van der Waals surface area contributed by atoms with Crippen LogP contribution in [0.3, 0.4) is 0 Å². The molecule has 1 saturated carbocycles. The fourth-order valence-electron chi connectivity index (χ4n) is 3.99. The molecule has 1 aliphatic heterocycles. The van der Waals surface area contributed by atoms with E-state index in [-0.39, 0.29) is 0 Å². The lowest BCUT2D eigenvalue weighted by Crippen LogP contribution is -2.41. The zero-order valence-electron chi connectivity index (χ0n) is 13.5. The Balaban J connectivity index is 1.76. The molecule has 1 aromatic heterocycles. The van der Waals surface area contributed by atoms with E-state index in [4.69, 9.17) is 10.7 Å². The minimum absolute atomic E-state index is 0.528. The maximum Gasteiger partial charge on any atom is 0.185 e. The van der Waals surface area contributed by atoms with Crippen LogP contribution in [0.15, 0.2) is 0 Å². The first kappa shape index (κ1) is 15.3. The van der Waals surface area contributed by atoms with Crippen molar-refractivity contribution in [2.75, 3.05) is 18.0 Å². The largest absolute Gasteiger partial charge is 0.348 e. The van der Waals surface area contributed by atoms with Gasteiger partial charge in [0.25, 0.3) is 0 Å². The van der Waals surface area contributed by atoms with Gasteiger partial charge in [0.05, 0.1) is 5.69 Å². The second-order valence-corrected chi connectivity index (χ2v) is 7.92. The van der Waals surface area contributed by atoms with Crippen molar-refractivity contribution in [1.82, 2.24) is 4.98 Å². The van der Waals surface area contributed by atoms with Crippen molar-refractivity contribution in [3.8, 4) is 0 Å². The minimum atomic E-state index is 0.528. The van der Waals surface area contributed by atoms with Crippen LogP contribution in [-0.2, 0) is 6.54 Å². The third-order valence-corrected chi connectivity index (χ3v) is 6.70. The summed E-state index contributed by atoms with van der Waals surface area (Å²) in [5, 5.41) is 1.23. The van der Waals surface area contributed by atoms with Crippen molar-refractivity contribution in [3.63, 3.8) is 0 Å². The molecule has 1 saturated heterocycles. The molecule has 21 heavy (non-hydrogen) atoms. The van der Waals surface area contributed by atoms with E-state index in [2.05, 4.69) is 18.7 Å². The number of piperidine rings is 1. The van der Waals surface area contributed by atoms with Crippen LogP contribution in [-0.4, -0.2) is 18.1 Å². The highest BCUT2D eigenvalue weighted by molar-refractivity contribution is 7.15. The van der Waals surface area contributed by atoms with Gasteiger partial charge in [0.2, 0.25) is 0 Å². The van der Waals surface area contributed by atoms with E-state index in [1.165, 1.54) is 60.9 Å². The topological polar surface area (TPSA) is 42.2 Å². The number of hydrogen-bond donors (Lipinski definition) is 1. The number of rotatable bonds is 4. The molecule has 1 aliphatic carbocycles. The first-order valence-corrected chi connectivity index (χ1v) is 9.49.